The number of oxazole rings is 1. The number of carbonyl (C=O) groups is 4. The normalized spacial score (nSPS) is 18.7. The van der Waals surface area contributed by atoms with E-state index >= 15 is 0 Å². The van der Waals surface area contributed by atoms with Crippen molar-refractivity contribution in [1.29, 1.82) is 0 Å². The average molecular weight is 436 g/mol. The molecule has 1 aliphatic rings. The number of aryl methyl sites for hydroxylation is 1. The number of amides is 2. The first kappa shape index (κ1) is 24.6. The molecular weight excluding hydrogens is 402 g/mol. The van der Waals surface area contributed by atoms with Crippen molar-refractivity contribution in [2.75, 3.05) is 13.2 Å². The summed E-state index contributed by atoms with van der Waals surface area (Å²) in [5.41, 5.74) is 0.475. The third-order valence-corrected chi connectivity index (χ3v) is 4.94. The molecule has 31 heavy (non-hydrogen) atoms. The van der Waals surface area contributed by atoms with Gasteiger partial charge in [-0.3, -0.25) is 14.4 Å². The lowest BCUT2D eigenvalue weighted by Gasteiger charge is -2.24. The Morgan fingerprint density at radius 2 is 2.00 bits per heavy atom. The Labute approximate surface area is 182 Å². The molecule has 0 saturated heterocycles. The van der Waals surface area contributed by atoms with Crippen LogP contribution in [-0.2, 0) is 32.0 Å². The highest BCUT2D eigenvalue weighted by atomic mass is 16.5. The van der Waals surface area contributed by atoms with Crippen LogP contribution in [0, 0.1) is 17.3 Å². The molecule has 2 atom stereocenters. The number of fused-ring (bicyclic) bond motifs is 2. The maximum Gasteiger partial charge on any atom is 0.407 e. The summed E-state index contributed by atoms with van der Waals surface area (Å²) in [4.78, 5) is 54.4. The lowest BCUT2D eigenvalue weighted by molar-refractivity contribution is -0.141. The van der Waals surface area contributed by atoms with Crippen LogP contribution >= 0.6 is 0 Å². The fourth-order valence-corrected chi connectivity index (χ4v) is 3.22. The van der Waals surface area contributed by atoms with Crippen LogP contribution in [0.3, 0.4) is 0 Å². The molecule has 1 aromatic rings. The van der Waals surface area contributed by atoms with Gasteiger partial charge in [0.1, 0.15) is 6.26 Å². The zero-order valence-electron chi connectivity index (χ0n) is 18.9. The molecule has 2 amide bonds. The maximum absolute atomic E-state index is 13.0. The third kappa shape index (κ3) is 7.80. The van der Waals surface area contributed by atoms with Crippen molar-refractivity contribution in [1.82, 2.24) is 15.6 Å². The molecule has 2 rings (SSSR count). The summed E-state index contributed by atoms with van der Waals surface area (Å²) in [5, 5.41) is 5.17. The van der Waals surface area contributed by atoms with E-state index in [2.05, 4.69) is 15.6 Å². The van der Waals surface area contributed by atoms with Gasteiger partial charge in [0.05, 0.1) is 18.3 Å². The minimum Gasteiger partial charge on any atom is -0.449 e. The standard InChI is InChI=1S/C22H33N3O6/c1-13(2)18(25-21(29)31-12-22(3,4)5)16(26)10-14-6-7-15-11-30-17(24-15)8-9-23-20(28)19(14)27/h11,13-14,18H,6-10,12H2,1-5H3,(H,23,28)(H,25,29). The summed E-state index contributed by atoms with van der Waals surface area (Å²) in [7, 11) is 0. The molecule has 2 heterocycles. The van der Waals surface area contributed by atoms with E-state index in [-0.39, 0.29) is 43.1 Å². The fourth-order valence-electron chi connectivity index (χ4n) is 3.22. The summed E-state index contributed by atoms with van der Waals surface area (Å²) in [5.74, 6) is -2.18. The van der Waals surface area contributed by atoms with Gasteiger partial charge in [0.15, 0.2) is 11.7 Å². The summed E-state index contributed by atoms with van der Waals surface area (Å²) in [6.45, 7) is 9.83. The van der Waals surface area contributed by atoms with Crippen LogP contribution < -0.4 is 10.6 Å². The fraction of sp³-hybridized carbons (Fsp3) is 0.682. The van der Waals surface area contributed by atoms with Crippen molar-refractivity contribution in [3.05, 3.63) is 17.8 Å². The first-order valence-electron chi connectivity index (χ1n) is 10.7. The lowest BCUT2D eigenvalue weighted by atomic mass is 9.87. The van der Waals surface area contributed by atoms with Crippen LogP contribution in [-0.4, -0.2) is 47.7 Å². The van der Waals surface area contributed by atoms with Crippen molar-refractivity contribution in [3.8, 4) is 0 Å². The number of nitrogens with one attached hydrogen (secondary N) is 2. The predicted octanol–water partition coefficient (Wildman–Crippen LogP) is 2.22. The highest BCUT2D eigenvalue weighted by Gasteiger charge is 2.33. The van der Waals surface area contributed by atoms with Gasteiger partial charge < -0.3 is 19.8 Å². The van der Waals surface area contributed by atoms with E-state index in [1.807, 2.05) is 20.8 Å². The van der Waals surface area contributed by atoms with Crippen LogP contribution in [0.4, 0.5) is 4.79 Å². The largest absolute Gasteiger partial charge is 0.449 e. The third-order valence-electron chi connectivity index (χ3n) is 4.94. The molecule has 0 aromatic carbocycles. The van der Waals surface area contributed by atoms with Gasteiger partial charge in [-0.15, -0.1) is 0 Å². The number of ketones is 2. The molecule has 0 aliphatic carbocycles. The summed E-state index contributed by atoms with van der Waals surface area (Å²) in [6, 6.07) is -0.819. The second kappa shape index (κ2) is 10.5. The number of hydrogen-bond donors (Lipinski definition) is 2. The second-order valence-corrected chi connectivity index (χ2v) is 9.51. The van der Waals surface area contributed by atoms with Gasteiger partial charge in [0, 0.05) is 25.3 Å². The Balaban J connectivity index is 2.07. The van der Waals surface area contributed by atoms with E-state index in [9.17, 15) is 19.2 Å². The summed E-state index contributed by atoms with van der Waals surface area (Å²) in [6.07, 6.45) is 1.78. The number of carbonyl (C=O) groups excluding carboxylic acids is 4. The number of nitrogens with zero attached hydrogens (tertiary/aromatic N) is 1. The van der Waals surface area contributed by atoms with Crippen molar-refractivity contribution in [3.63, 3.8) is 0 Å². The Hall–Kier alpha value is -2.71. The van der Waals surface area contributed by atoms with Crippen molar-refractivity contribution >= 4 is 23.6 Å². The summed E-state index contributed by atoms with van der Waals surface area (Å²) >= 11 is 0. The molecule has 1 aromatic heterocycles. The monoisotopic (exact) mass is 435 g/mol. The molecular formula is C22H33N3O6. The number of Topliss-reactive ketones (excluding diaryl/α,β-unsaturated/α-hetero) is 2. The van der Waals surface area contributed by atoms with E-state index in [1.54, 1.807) is 13.8 Å². The van der Waals surface area contributed by atoms with Crippen molar-refractivity contribution < 1.29 is 28.3 Å². The zero-order chi connectivity index (χ0) is 23.2. The molecule has 172 valence electrons. The average Bonchev–Trinajstić information content (AvgIpc) is 3.12. The van der Waals surface area contributed by atoms with Gasteiger partial charge in [-0.05, 0) is 24.2 Å². The Bertz CT molecular complexity index is 808. The number of alkyl carbamates (subject to hydrolysis) is 1. The molecule has 2 unspecified atom stereocenters. The van der Waals surface area contributed by atoms with E-state index in [1.165, 1.54) is 6.26 Å². The van der Waals surface area contributed by atoms with Gasteiger partial charge in [-0.2, -0.15) is 0 Å². The molecule has 0 saturated carbocycles. The van der Waals surface area contributed by atoms with Gasteiger partial charge in [0.2, 0.25) is 5.78 Å². The van der Waals surface area contributed by atoms with Crippen molar-refractivity contribution in [2.24, 2.45) is 17.3 Å². The molecule has 9 heteroatoms. The minimum absolute atomic E-state index is 0.153. The first-order chi connectivity index (χ1) is 14.5. The minimum atomic E-state index is -0.819. The van der Waals surface area contributed by atoms with E-state index in [0.29, 0.717) is 24.4 Å². The van der Waals surface area contributed by atoms with Gasteiger partial charge in [0.25, 0.3) is 5.91 Å². The number of rotatable bonds is 6. The SMILES string of the molecule is CC(C)C(NC(=O)OCC(C)(C)C)C(=O)CC1CCc2coc(n2)CCNC(=O)C1=O. The summed E-state index contributed by atoms with van der Waals surface area (Å²) < 4.78 is 10.6. The van der Waals surface area contributed by atoms with E-state index in [4.69, 9.17) is 9.15 Å². The molecule has 0 spiro atoms. The van der Waals surface area contributed by atoms with Crippen LogP contribution in [0.25, 0.3) is 0 Å². The van der Waals surface area contributed by atoms with Gasteiger partial charge in [-0.1, -0.05) is 34.6 Å². The lowest BCUT2D eigenvalue weighted by Crippen LogP contribution is -2.46. The molecule has 2 bridgehead atoms. The van der Waals surface area contributed by atoms with Crippen LogP contribution in [0.5, 0.6) is 0 Å². The van der Waals surface area contributed by atoms with Crippen LogP contribution in [0.2, 0.25) is 0 Å². The van der Waals surface area contributed by atoms with Crippen LogP contribution in [0.1, 0.15) is 59.0 Å². The molecule has 0 radical (unpaired) electrons. The van der Waals surface area contributed by atoms with Gasteiger partial charge in [-0.25, -0.2) is 9.78 Å². The first-order valence-corrected chi connectivity index (χ1v) is 10.7. The molecule has 9 nitrogen and oxygen atoms in total. The molecule has 2 N–H and O–H groups in total. The second-order valence-electron chi connectivity index (χ2n) is 9.51. The van der Waals surface area contributed by atoms with Crippen LogP contribution in [0.15, 0.2) is 10.7 Å². The number of hydrogen-bond acceptors (Lipinski definition) is 7. The highest BCUT2D eigenvalue weighted by Crippen LogP contribution is 2.19. The van der Waals surface area contributed by atoms with Gasteiger partial charge >= 0.3 is 6.09 Å². The Morgan fingerprint density at radius 3 is 2.65 bits per heavy atom. The Morgan fingerprint density at radius 1 is 1.29 bits per heavy atom. The van der Waals surface area contributed by atoms with E-state index in [0.717, 1.165) is 0 Å². The number of aromatic nitrogens is 1. The smallest absolute Gasteiger partial charge is 0.407 e. The topological polar surface area (TPSA) is 128 Å². The zero-order valence-corrected chi connectivity index (χ0v) is 18.9. The molecule has 0 fully saturated rings. The predicted molar refractivity (Wildman–Crippen MR) is 112 cm³/mol. The maximum atomic E-state index is 13.0. The van der Waals surface area contributed by atoms with Crippen molar-refractivity contribution in [2.45, 2.75) is 66.3 Å². The quantitative estimate of drug-likeness (QED) is 0.656. The van der Waals surface area contributed by atoms with E-state index < -0.39 is 29.7 Å². The number of ether oxygens (including phenoxy) is 1. The molecule has 1 aliphatic heterocycles. The Kier molecular flexibility index (Phi) is 8.36. The highest BCUT2D eigenvalue weighted by molar-refractivity contribution is 6.37.